The highest BCUT2D eigenvalue weighted by atomic mass is 35.5. The maximum atomic E-state index is 13.2. The van der Waals surface area contributed by atoms with Gasteiger partial charge in [0.2, 0.25) is 0 Å². The van der Waals surface area contributed by atoms with Crippen LogP contribution in [0.3, 0.4) is 0 Å². The fourth-order valence-corrected chi connectivity index (χ4v) is 4.05. The van der Waals surface area contributed by atoms with E-state index in [1.54, 1.807) is 24.3 Å². The van der Waals surface area contributed by atoms with Crippen LogP contribution in [-0.2, 0) is 11.3 Å². The van der Waals surface area contributed by atoms with Crippen molar-refractivity contribution in [2.45, 2.75) is 6.54 Å². The normalized spacial score (nSPS) is 15.6. The van der Waals surface area contributed by atoms with Gasteiger partial charge in [0.1, 0.15) is 17.3 Å². The molecular weight excluding hydrogens is 436 g/mol. The third-order valence-electron chi connectivity index (χ3n) is 4.23. The number of benzene rings is 2. The number of furan rings is 1. The molecule has 2 heterocycles. The number of rotatable bonds is 4. The molecule has 146 valence electrons. The van der Waals surface area contributed by atoms with Crippen molar-refractivity contribution in [2.24, 2.45) is 0 Å². The Morgan fingerprint density at radius 2 is 1.90 bits per heavy atom. The number of thioether (sulfide) groups is 1. The minimum absolute atomic E-state index is 0.0347. The van der Waals surface area contributed by atoms with E-state index < -0.39 is 17.0 Å². The van der Waals surface area contributed by atoms with Crippen LogP contribution in [0.25, 0.3) is 17.4 Å². The minimum Gasteiger partial charge on any atom is -0.457 e. The lowest BCUT2D eigenvalue weighted by Gasteiger charge is -2.13. The second kappa shape index (κ2) is 8.06. The van der Waals surface area contributed by atoms with Gasteiger partial charge < -0.3 is 4.42 Å². The Hall–Kier alpha value is -2.54. The van der Waals surface area contributed by atoms with Crippen LogP contribution in [0.1, 0.15) is 11.3 Å². The third-order valence-corrected chi connectivity index (χ3v) is 5.72. The van der Waals surface area contributed by atoms with Gasteiger partial charge in [-0.25, -0.2) is 4.39 Å². The van der Waals surface area contributed by atoms with E-state index in [1.807, 2.05) is 12.1 Å². The molecule has 3 aromatic rings. The van der Waals surface area contributed by atoms with Crippen molar-refractivity contribution in [1.29, 1.82) is 0 Å². The van der Waals surface area contributed by atoms with Crippen molar-refractivity contribution in [2.75, 3.05) is 0 Å². The van der Waals surface area contributed by atoms with E-state index in [2.05, 4.69) is 0 Å². The van der Waals surface area contributed by atoms with Crippen molar-refractivity contribution in [3.8, 4) is 11.3 Å². The monoisotopic (exact) mass is 447 g/mol. The molecule has 4 nitrogen and oxygen atoms in total. The number of amides is 2. The van der Waals surface area contributed by atoms with Gasteiger partial charge in [-0.2, -0.15) is 0 Å². The van der Waals surface area contributed by atoms with Crippen LogP contribution in [0.4, 0.5) is 9.18 Å². The molecule has 8 heteroatoms. The Bertz CT molecular complexity index is 1160. The largest absolute Gasteiger partial charge is 0.457 e. The summed E-state index contributed by atoms with van der Waals surface area (Å²) >= 11 is 12.8. The molecule has 0 radical (unpaired) electrons. The average molecular weight is 448 g/mol. The molecule has 1 aliphatic rings. The number of halogens is 3. The molecule has 1 fully saturated rings. The zero-order chi connectivity index (χ0) is 20.5. The molecule has 0 unspecified atom stereocenters. The lowest BCUT2D eigenvalue weighted by molar-refractivity contribution is -0.123. The summed E-state index contributed by atoms with van der Waals surface area (Å²) in [6.45, 7) is -0.0347. The Morgan fingerprint density at radius 3 is 2.66 bits per heavy atom. The van der Waals surface area contributed by atoms with Crippen LogP contribution < -0.4 is 0 Å². The highest BCUT2D eigenvalue weighted by molar-refractivity contribution is 8.18. The molecule has 4 rings (SSSR count). The second-order valence-electron chi connectivity index (χ2n) is 6.22. The van der Waals surface area contributed by atoms with E-state index in [-0.39, 0.29) is 16.5 Å². The molecule has 2 aromatic carbocycles. The van der Waals surface area contributed by atoms with Crippen LogP contribution >= 0.6 is 35.0 Å². The first-order valence-corrected chi connectivity index (χ1v) is 10.0. The third kappa shape index (κ3) is 4.24. The molecule has 1 aliphatic heterocycles. The molecule has 2 amide bonds. The van der Waals surface area contributed by atoms with Crippen molar-refractivity contribution in [1.82, 2.24) is 4.90 Å². The molecule has 1 aromatic heterocycles. The van der Waals surface area contributed by atoms with Gasteiger partial charge in [0, 0.05) is 21.7 Å². The summed E-state index contributed by atoms with van der Waals surface area (Å²) in [5.74, 6) is 0.0866. The number of carbonyl (C=O) groups excluding carboxylic acids is 2. The van der Waals surface area contributed by atoms with E-state index >= 15 is 0 Å². The van der Waals surface area contributed by atoms with Crippen LogP contribution in [0.5, 0.6) is 0 Å². The first-order chi connectivity index (χ1) is 13.9. The molecule has 0 atom stereocenters. The molecule has 0 saturated carbocycles. The Morgan fingerprint density at radius 1 is 1.07 bits per heavy atom. The van der Waals surface area contributed by atoms with E-state index in [0.717, 1.165) is 28.3 Å². The Balaban J connectivity index is 1.55. The van der Waals surface area contributed by atoms with Gasteiger partial charge in [0.25, 0.3) is 11.1 Å². The van der Waals surface area contributed by atoms with Crippen molar-refractivity contribution < 1.29 is 18.4 Å². The zero-order valence-corrected chi connectivity index (χ0v) is 17.0. The van der Waals surface area contributed by atoms with E-state index in [1.165, 1.54) is 18.2 Å². The van der Waals surface area contributed by atoms with Gasteiger partial charge >= 0.3 is 0 Å². The number of hydrogen-bond donors (Lipinski definition) is 0. The Labute approximate surface area is 179 Å². The van der Waals surface area contributed by atoms with Gasteiger partial charge in [-0.3, -0.25) is 14.5 Å². The molecular formula is C21H12Cl2FNO3S. The molecule has 0 N–H and O–H groups in total. The van der Waals surface area contributed by atoms with Crippen LogP contribution in [0.15, 0.2) is 63.9 Å². The van der Waals surface area contributed by atoms with E-state index in [4.69, 9.17) is 27.6 Å². The molecule has 29 heavy (non-hydrogen) atoms. The molecule has 0 bridgehead atoms. The average Bonchev–Trinajstić information content (AvgIpc) is 3.24. The lowest BCUT2D eigenvalue weighted by Crippen LogP contribution is -2.27. The summed E-state index contributed by atoms with van der Waals surface area (Å²) in [6.07, 6.45) is 1.52. The van der Waals surface area contributed by atoms with Crippen molar-refractivity contribution >= 4 is 52.2 Å². The molecule has 0 aliphatic carbocycles. The van der Waals surface area contributed by atoms with Gasteiger partial charge in [0.05, 0.1) is 11.4 Å². The molecule has 1 saturated heterocycles. The van der Waals surface area contributed by atoms with Crippen molar-refractivity contribution in [3.63, 3.8) is 0 Å². The van der Waals surface area contributed by atoms with E-state index in [9.17, 15) is 14.0 Å². The van der Waals surface area contributed by atoms with Crippen LogP contribution in [0, 0.1) is 5.82 Å². The number of carbonyl (C=O) groups is 2. The summed E-state index contributed by atoms with van der Waals surface area (Å²) in [4.78, 5) is 26.3. The van der Waals surface area contributed by atoms with Crippen LogP contribution in [-0.4, -0.2) is 16.0 Å². The predicted octanol–water partition coefficient (Wildman–Crippen LogP) is 6.63. The smallest absolute Gasteiger partial charge is 0.293 e. The highest BCUT2D eigenvalue weighted by Gasteiger charge is 2.35. The van der Waals surface area contributed by atoms with E-state index in [0.29, 0.717) is 22.1 Å². The second-order valence-corrected chi connectivity index (χ2v) is 8.05. The summed E-state index contributed by atoms with van der Waals surface area (Å²) in [7, 11) is 0. The zero-order valence-electron chi connectivity index (χ0n) is 14.7. The Kier molecular flexibility index (Phi) is 5.50. The topological polar surface area (TPSA) is 50.5 Å². The highest BCUT2D eigenvalue weighted by Crippen LogP contribution is 2.35. The maximum absolute atomic E-state index is 13.2. The molecule has 0 spiro atoms. The summed E-state index contributed by atoms with van der Waals surface area (Å²) in [5, 5.41) is 0.314. The SMILES string of the molecule is O=C1S/C(=C\c2ccc(-c3cccc(Cl)c3)o2)C(=O)N1Cc1ccc(F)cc1Cl. The van der Waals surface area contributed by atoms with Crippen LogP contribution in [0.2, 0.25) is 10.0 Å². The maximum Gasteiger partial charge on any atom is 0.293 e. The minimum atomic E-state index is -0.485. The van der Waals surface area contributed by atoms with Gasteiger partial charge in [0.15, 0.2) is 0 Å². The van der Waals surface area contributed by atoms with Gasteiger partial charge in [-0.05, 0) is 53.7 Å². The number of hydrogen-bond acceptors (Lipinski definition) is 4. The standard InChI is InChI=1S/C21H12Cl2FNO3S/c22-14-3-1-2-12(8-14)18-7-6-16(28-18)10-19-20(26)25(21(27)29-19)11-13-4-5-15(24)9-17(13)23/h1-10H,11H2/b19-10-. The number of imide groups is 1. The first kappa shape index (κ1) is 19.8. The number of nitrogens with zero attached hydrogens (tertiary/aromatic N) is 1. The summed E-state index contributed by atoms with van der Waals surface area (Å²) in [6, 6.07) is 14.5. The van der Waals surface area contributed by atoms with Gasteiger partial charge in [-0.1, -0.05) is 41.4 Å². The van der Waals surface area contributed by atoms with Crippen molar-refractivity contribution in [3.05, 3.63) is 86.7 Å². The first-order valence-electron chi connectivity index (χ1n) is 8.46. The predicted molar refractivity (Wildman–Crippen MR) is 112 cm³/mol. The fourth-order valence-electron chi connectivity index (χ4n) is 2.81. The summed E-state index contributed by atoms with van der Waals surface area (Å²) < 4.78 is 19.0. The lowest BCUT2D eigenvalue weighted by atomic mass is 10.2. The fraction of sp³-hybridized carbons (Fsp3) is 0.0476. The van der Waals surface area contributed by atoms with Gasteiger partial charge in [-0.15, -0.1) is 0 Å². The quantitative estimate of drug-likeness (QED) is 0.421. The summed E-state index contributed by atoms with van der Waals surface area (Å²) in [5.41, 5.74) is 1.29.